The fourth-order valence-electron chi connectivity index (χ4n) is 4.41. The number of fused-ring (bicyclic) bond motifs is 1. The van der Waals surface area contributed by atoms with Gasteiger partial charge in [-0.15, -0.1) is 11.8 Å². The normalized spacial score (nSPS) is 20.2. The molecule has 2 fully saturated rings. The zero-order valence-corrected chi connectivity index (χ0v) is 19.8. The highest BCUT2D eigenvalue weighted by atomic mass is 32.2. The summed E-state index contributed by atoms with van der Waals surface area (Å²) < 4.78 is 0. The van der Waals surface area contributed by atoms with E-state index in [0.29, 0.717) is 35.6 Å². The Morgan fingerprint density at radius 2 is 2.09 bits per heavy atom. The average Bonchev–Trinajstić information content (AvgIpc) is 3.31. The number of nitrogens with one attached hydrogen (secondary N) is 1. The Morgan fingerprint density at radius 1 is 1.33 bits per heavy atom. The lowest BCUT2D eigenvalue weighted by Gasteiger charge is -2.41. The number of piperidine rings is 1. The molecule has 2 aromatic rings. The van der Waals surface area contributed by atoms with Gasteiger partial charge < -0.3 is 20.2 Å². The third kappa shape index (κ3) is 4.77. The first-order valence-corrected chi connectivity index (χ1v) is 12.4. The lowest BCUT2D eigenvalue weighted by Crippen LogP contribution is -2.47. The second-order valence-electron chi connectivity index (χ2n) is 9.00. The third-order valence-electron chi connectivity index (χ3n) is 6.79. The maximum Gasteiger partial charge on any atom is 0.252 e. The second-order valence-corrected chi connectivity index (χ2v) is 10.00. The number of nitrogens with zero attached hydrogens (tertiary/aromatic N) is 4. The number of carbonyl (C=O) groups excluding carboxylic acids is 2. The minimum Gasteiger partial charge on any atom is -0.389 e. The standard InChI is InChI=1S/C24H29N5O3S/c1-16(2)24(32)6-9-28(10-7-24)17-3-4-21-20(11-17)19(5-8-26-21)23(31)27-13-22(30)29-15-33-14-18(29)12-25/h3-5,8,11,16,18,32H,6-7,9-10,13-15H2,1-2H3,(H,27,31)/t18-/m1/s1. The van der Waals surface area contributed by atoms with E-state index in [4.69, 9.17) is 0 Å². The van der Waals surface area contributed by atoms with Gasteiger partial charge in [-0.1, -0.05) is 13.8 Å². The Balaban J connectivity index is 1.48. The number of hydrogen-bond acceptors (Lipinski definition) is 7. The molecule has 174 valence electrons. The number of aromatic nitrogens is 1. The Labute approximate surface area is 197 Å². The Bertz CT molecular complexity index is 1090. The van der Waals surface area contributed by atoms with Crippen molar-refractivity contribution in [3.05, 3.63) is 36.0 Å². The van der Waals surface area contributed by atoms with Gasteiger partial charge >= 0.3 is 0 Å². The number of aliphatic hydroxyl groups is 1. The molecule has 8 nitrogen and oxygen atoms in total. The van der Waals surface area contributed by atoms with Gasteiger partial charge in [-0.25, -0.2) is 0 Å². The van der Waals surface area contributed by atoms with Crippen molar-refractivity contribution in [2.24, 2.45) is 5.92 Å². The van der Waals surface area contributed by atoms with Crippen LogP contribution in [0.4, 0.5) is 5.69 Å². The molecule has 0 saturated carbocycles. The fraction of sp³-hybridized carbons (Fsp3) is 0.500. The molecule has 0 spiro atoms. The van der Waals surface area contributed by atoms with Crippen LogP contribution >= 0.6 is 11.8 Å². The molecule has 2 aliphatic heterocycles. The van der Waals surface area contributed by atoms with Crippen molar-refractivity contribution in [3.8, 4) is 6.07 Å². The summed E-state index contributed by atoms with van der Waals surface area (Å²) in [5.41, 5.74) is 1.51. The van der Waals surface area contributed by atoms with E-state index >= 15 is 0 Å². The van der Waals surface area contributed by atoms with Gasteiger partial charge in [0.25, 0.3) is 5.91 Å². The molecule has 3 heterocycles. The van der Waals surface area contributed by atoms with Gasteiger partial charge in [0.1, 0.15) is 6.04 Å². The molecule has 2 aliphatic rings. The van der Waals surface area contributed by atoms with Gasteiger partial charge in [-0.3, -0.25) is 14.6 Å². The summed E-state index contributed by atoms with van der Waals surface area (Å²) >= 11 is 1.53. The van der Waals surface area contributed by atoms with Crippen molar-refractivity contribution in [2.75, 3.05) is 36.2 Å². The topological polar surface area (TPSA) is 110 Å². The van der Waals surface area contributed by atoms with Gasteiger partial charge in [-0.2, -0.15) is 5.26 Å². The molecular formula is C24H29N5O3S. The van der Waals surface area contributed by atoms with Crippen molar-refractivity contribution in [1.82, 2.24) is 15.2 Å². The number of hydrogen-bond donors (Lipinski definition) is 2. The zero-order valence-electron chi connectivity index (χ0n) is 19.0. The first kappa shape index (κ1) is 23.3. The van der Waals surface area contributed by atoms with Crippen molar-refractivity contribution in [2.45, 2.75) is 38.3 Å². The quantitative estimate of drug-likeness (QED) is 0.695. The van der Waals surface area contributed by atoms with Crippen LogP contribution in [0.5, 0.6) is 0 Å². The highest BCUT2D eigenvalue weighted by Gasteiger charge is 2.35. The summed E-state index contributed by atoms with van der Waals surface area (Å²) in [6, 6.07) is 9.19. The van der Waals surface area contributed by atoms with E-state index < -0.39 is 11.6 Å². The minimum atomic E-state index is -0.634. The predicted molar refractivity (Wildman–Crippen MR) is 129 cm³/mol. The minimum absolute atomic E-state index is 0.152. The van der Waals surface area contributed by atoms with Crippen LogP contribution in [-0.2, 0) is 4.79 Å². The number of rotatable bonds is 5. The zero-order chi connectivity index (χ0) is 23.6. The lowest BCUT2D eigenvalue weighted by atomic mass is 9.81. The molecule has 2 N–H and O–H groups in total. The summed E-state index contributed by atoms with van der Waals surface area (Å²) in [5, 5.41) is 23.4. The number of benzene rings is 1. The average molecular weight is 468 g/mol. The van der Waals surface area contributed by atoms with E-state index in [0.717, 1.165) is 24.2 Å². The number of anilines is 1. The van der Waals surface area contributed by atoms with Gasteiger partial charge in [0, 0.05) is 36.1 Å². The number of nitriles is 1. The molecule has 33 heavy (non-hydrogen) atoms. The van der Waals surface area contributed by atoms with Gasteiger partial charge in [0.05, 0.1) is 35.2 Å². The van der Waals surface area contributed by atoms with Crippen LogP contribution in [0.25, 0.3) is 10.9 Å². The number of amides is 2. The van der Waals surface area contributed by atoms with Crippen molar-refractivity contribution in [1.29, 1.82) is 5.26 Å². The van der Waals surface area contributed by atoms with Crippen LogP contribution in [0.3, 0.4) is 0 Å². The molecule has 2 amide bonds. The van der Waals surface area contributed by atoms with Gasteiger partial charge in [0.15, 0.2) is 0 Å². The van der Waals surface area contributed by atoms with Gasteiger partial charge in [0.2, 0.25) is 5.91 Å². The van der Waals surface area contributed by atoms with Crippen molar-refractivity contribution < 1.29 is 14.7 Å². The predicted octanol–water partition coefficient (Wildman–Crippen LogP) is 2.38. The summed E-state index contributed by atoms with van der Waals surface area (Å²) in [6.45, 7) is 5.43. The SMILES string of the molecule is CC(C)C1(O)CCN(c2ccc3nccc(C(=O)NCC(=O)N4CSC[C@H]4C#N)c3c2)CC1. The monoisotopic (exact) mass is 467 g/mol. The molecule has 0 bridgehead atoms. The molecule has 0 aliphatic carbocycles. The Kier molecular flexibility index (Phi) is 6.77. The number of pyridine rings is 1. The Hall–Kier alpha value is -2.83. The molecule has 1 aromatic carbocycles. The van der Waals surface area contributed by atoms with E-state index in [-0.39, 0.29) is 24.3 Å². The maximum atomic E-state index is 13.0. The van der Waals surface area contributed by atoms with Crippen LogP contribution in [0, 0.1) is 17.2 Å². The van der Waals surface area contributed by atoms with Crippen LogP contribution in [0.1, 0.15) is 37.0 Å². The smallest absolute Gasteiger partial charge is 0.252 e. The van der Waals surface area contributed by atoms with E-state index in [2.05, 4.69) is 35.1 Å². The summed E-state index contributed by atoms with van der Waals surface area (Å²) in [4.78, 5) is 33.5. The van der Waals surface area contributed by atoms with E-state index in [9.17, 15) is 20.0 Å². The number of thioether (sulfide) groups is 1. The van der Waals surface area contributed by atoms with E-state index in [1.165, 1.54) is 16.7 Å². The summed E-state index contributed by atoms with van der Waals surface area (Å²) in [7, 11) is 0. The summed E-state index contributed by atoms with van der Waals surface area (Å²) in [5.74, 6) is 0.669. The molecule has 9 heteroatoms. The largest absolute Gasteiger partial charge is 0.389 e. The second kappa shape index (κ2) is 9.57. The van der Waals surface area contributed by atoms with Crippen LogP contribution < -0.4 is 10.2 Å². The van der Waals surface area contributed by atoms with E-state index in [1.54, 1.807) is 12.3 Å². The Morgan fingerprint density at radius 3 is 2.79 bits per heavy atom. The van der Waals surface area contributed by atoms with Crippen LogP contribution in [0.15, 0.2) is 30.5 Å². The molecule has 1 atom stereocenters. The van der Waals surface area contributed by atoms with Gasteiger partial charge in [-0.05, 0) is 43.0 Å². The highest BCUT2D eigenvalue weighted by molar-refractivity contribution is 7.99. The maximum absolute atomic E-state index is 13.0. The molecular weight excluding hydrogens is 438 g/mol. The number of carbonyl (C=O) groups is 2. The van der Waals surface area contributed by atoms with Crippen LogP contribution in [0.2, 0.25) is 0 Å². The van der Waals surface area contributed by atoms with Crippen molar-refractivity contribution >= 4 is 40.2 Å². The molecule has 1 aromatic heterocycles. The third-order valence-corrected chi connectivity index (χ3v) is 7.80. The van der Waals surface area contributed by atoms with Crippen molar-refractivity contribution in [3.63, 3.8) is 0 Å². The molecule has 0 radical (unpaired) electrons. The first-order valence-electron chi connectivity index (χ1n) is 11.2. The summed E-state index contributed by atoms with van der Waals surface area (Å²) in [6.07, 6.45) is 2.98. The lowest BCUT2D eigenvalue weighted by molar-refractivity contribution is -0.129. The molecule has 2 saturated heterocycles. The molecule has 0 unspecified atom stereocenters. The first-order chi connectivity index (χ1) is 15.8. The molecule has 4 rings (SSSR count). The van der Waals surface area contributed by atoms with E-state index in [1.807, 2.05) is 18.2 Å². The van der Waals surface area contributed by atoms with Crippen LogP contribution in [-0.4, -0.2) is 69.7 Å². The fourth-order valence-corrected chi connectivity index (χ4v) is 5.51. The highest BCUT2D eigenvalue weighted by Crippen LogP contribution is 2.33.